The molecule has 0 bridgehead atoms. The maximum absolute atomic E-state index is 6.53. The van der Waals surface area contributed by atoms with Gasteiger partial charge in [-0.2, -0.15) is 0 Å². The lowest BCUT2D eigenvalue weighted by Crippen LogP contribution is -2.10. The highest BCUT2D eigenvalue weighted by molar-refractivity contribution is 6.12. The predicted octanol–water partition coefficient (Wildman–Crippen LogP) is 11.8. The van der Waals surface area contributed by atoms with Crippen LogP contribution in [0.15, 0.2) is 160 Å². The molecular formula is C40H25NO2. The standard InChI is InChI=1S/C40H25NO2/c1-2-9-26(10-3-1)27-17-20-30(21-18-27)41(36-14-8-13-34-32-11-4-7-16-38(32)43-40(34)36)31-22-19-28-25-39-35(24-29(28)23-31)33-12-5-6-15-37(33)42-39/h1-25H. The van der Waals surface area contributed by atoms with Gasteiger partial charge in [-0.25, -0.2) is 0 Å². The van der Waals surface area contributed by atoms with Crippen molar-refractivity contribution in [2.75, 3.05) is 4.90 Å². The topological polar surface area (TPSA) is 29.5 Å². The number of hydrogen-bond acceptors (Lipinski definition) is 3. The molecule has 0 aliphatic carbocycles. The molecule has 0 unspecified atom stereocenters. The minimum absolute atomic E-state index is 0.868. The molecule has 202 valence electrons. The molecule has 0 saturated carbocycles. The van der Waals surface area contributed by atoms with Crippen LogP contribution in [-0.2, 0) is 0 Å². The monoisotopic (exact) mass is 551 g/mol. The van der Waals surface area contributed by atoms with Crippen molar-refractivity contribution in [2.24, 2.45) is 0 Å². The van der Waals surface area contributed by atoms with E-state index in [2.05, 4.69) is 126 Å². The molecule has 2 heterocycles. The van der Waals surface area contributed by atoms with Crippen molar-refractivity contribution >= 4 is 71.7 Å². The lowest BCUT2D eigenvalue weighted by atomic mass is 10.0. The summed E-state index contributed by atoms with van der Waals surface area (Å²) in [5.41, 5.74) is 9.05. The van der Waals surface area contributed by atoms with Crippen molar-refractivity contribution in [2.45, 2.75) is 0 Å². The lowest BCUT2D eigenvalue weighted by molar-refractivity contribution is 0.669. The summed E-state index contributed by atoms with van der Waals surface area (Å²) in [7, 11) is 0. The zero-order chi connectivity index (χ0) is 28.3. The van der Waals surface area contributed by atoms with Gasteiger partial charge in [0.25, 0.3) is 0 Å². The number of nitrogens with zero attached hydrogens (tertiary/aromatic N) is 1. The van der Waals surface area contributed by atoms with Crippen LogP contribution < -0.4 is 4.90 Å². The molecule has 0 N–H and O–H groups in total. The molecular weight excluding hydrogens is 526 g/mol. The maximum atomic E-state index is 6.53. The summed E-state index contributed by atoms with van der Waals surface area (Å²) in [6.45, 7) is 0. The first-order valence-corrected chi connectivity index (χ1v) is 14.5. The minimum atomic E-state index is 0.868. The predicted molar refractivity (Wildman–Crippen MR) is 179 cm³/mol. The van der Waals surface area contributed by atoms with E-state index in [1.54, 1.807) is 0 Å². The summed E-state index contributed by atoms with van der Waals surface area (Å²) in [6, 6.07) is 53.2. The molecule has 0 atom stereocenters. The van der Waals surface area contributed by atoms with Gasteiger partial charge in [-0.3, -0.25) is 0 Å². The van der Waals surface area contributed by atoms with Crippen molar-refractivity contribution in [3.8, 4) is 11.1 Å². The maximum Gasteiger partial charge on any atom is 0.159 e. The Morgan fingerprint density at radius 2 is 1.02 bits per heavy atom. The van der Waals surface area contributed by atoms with E-state index in [1.807, 2.05) is 30.3 Å². The smallest absolute Gasteiger partial charge is 0.159 e. The van der Waals surface area contributed by atoms with Gasteiger partial charge in [-0.1, -0.05) is 97.1 Å². The highest BCUT2D eigenvalue weighted by Crippen LogP contribution is 2.43. The van der Waals surface area contributed by atoms with E-state index in [1.165, 1.54) is 11.1 Å². The summed E-state index contributed by atoms with van der Waals surface area (Å²) in [5.74, 6) is 0. The summed E-state index contributed by atoms with van der Waals surface area (Å²) < 4.78 is 12.7. The van der Waals surface area contributed by atoms with E-state index in [0.717, 1.165) is 71.7 Å². The summed E-state index contributed by atoms with van der Waals surface area (Å²) >= 11 is 0. The van der Waals surface area contributed by atoms with Crippen molar-refractivity contribution in [3.05, 3.63) is 152 Å². The van der Waals surface area contributed by atoms with E-state index < -0.39 is 0 Å². The molecule has 3 heteroatoms. The molecule has 7 aromatic carbocycles. The average Bonchev–Trinajstić information content (AvgIpc) is 3.63. The van der Waals surface area contributed by atoms with Gasteiger partial charge in [0.2, 0.25) is 0 Å². The molecule has 0 spiro atoms. The van der Waals surface area contributed by atoms with Gasteiger partial charge < -0.3 is 13.7 Å². The van der Waals surface area contributed by atoms with E-state index >= 15 is 0 Å². The van der Waals surface area contributed by atoms with Crippen molar-refractivity contribution in [3.63, 3.8) is 0 Å². The largest absolute Gasteiger partial charge is 0.456 e. The average molecular weight is 552 g/mol. The van der Waals surface area contributed by atoms with Gasteiger partial charge >= 0.3 is 0 Å². The molecule has 43 heavy (non-hydrogen) atoms. The summed E-state index contributed by atoms with van der Waals surface area (Å²) in [4.78, 5) is 2.30. The van der Waals surface area contributed by atoms with Crippen LogP contribution in [0.5, 0.6) is 0 Å². The fourth-order valence-electron chi connectivity index (χ4n) is 6.36. The number of furan rings is 2. The summed E-state index contributed by atoms with van der Waals surface area (Å²) in [6.07, 6.45) is 0. The van der Waals surface area contributed by atoms with Gasteiger partial charge in [0.1, 0.15) is 16.7 Å². The second-order valence-corrected chi connectivity index (χ2v) is 11.0. The van der Waals surface area contributed by atoms with E-state index in [4.69, 9.17) is 8.83 Å². The van der Waals surface area contributed by atoms with Crippen LogP contribution in [0.2, 0.25) is 0 Å². The zero-order valence-corrected chi connectivity index (χ0v) is 23.2. The zero-order valence-electron chi connectivity index (χ0n) is 23.2. The highest BCUT2D eigenvalue weighted by Gasteiger charge is 2.20. The number of benzene rings is 7. The fourth-order valence-corrected chi connectivity index (χ4v) is 6.36. The van der Waals surface area contributed by atoms with Crippen LogP contribution in [0.1, 0.15) is 0 Å². The first-order valence-electron chi connectivity index (χ1n) is 14.5. The van der Waals surface area contributed by atoms with Crippen LogP contribution in [0.4, 0.5) is 17.1 Å². The van der Waals surface area contributed by atoms with Crippen LogP contribution in [-0.4, -0.2) is 0 Å². The Kier molecular flexibility index (Phi) is 5.20. The van der Waals surface area contributed by atoms with Gasteiger partial charge in [0, 0.05) is 32.9 Å². The van der Waals surface area contributed by atoms with Gasteiger partial charge in [-0.15, -0.1) is 0 Å². The Hall–Kier alpha value is -5.80. The lowest BCUT2D eigenvalue weighted by Gasteiger charge is -2.26. The number of para-hydroxylation sites is 3. The molecule has 0 saturated heterocycles. The van der Waals surface area contributed by atoms with E-state index in [-0.39, 0.29) is 0 Å². The number of hydrogen-bond donors (Lipinski definition) is 0. The SMILES string of the molecule is c1ccc(-c2ccc(N(c3ccc4cc5oc6ccccc6c5cc4c3)c3cccc4c3oc3ccccc34)cc2)cc1. The van der Waals surface area contributed by atoms with Gasteiger partial charge in [-0.05, 0) is 76.5 Å². The normalized spacial score (nSPS) is 11.7. The van der Waals surface area contributed by atoms with E-state index in [0.29, 0.717) is 0 Å². The Bertz CT molecular complexity index is 2450. The molecule has 0 aliphatic rings. The first-order chi connectivity index (χ1) is 21.3. The molecule has 9 rings (SSSR count). The first kappa shape index (κ1) is 23.9. The van der Waals surface area contributed by atoms with Crippen molar-refractivity contribution in [1.82, 2.24) is 0 Å². The van der Waals surface area contributed by atoms with Crippen LogP contribution in [0, 0.1) is 0 Å². The van der Waals surface area contributed by atoms with Crippen LogP contribution in [0.25, 0.3) is 65.8 Å². The van der Waals surface area contributed by atoms with Gasteiger partial charge in [0.15, 0.2) is 5.58 Å². The van der Waals surface area contributed by atoms with E-state index in [9.17, 15) is 0 Å². The summed E-state index contributed by atoms with van der Waals surface area (Å²) in [5, 5.41) is 6.76. The van der Waals surface area contributed by atoms with Gasteiger partial charge in [0.05, 0.1) is 5.69 Å². The molecule has 3 nitrogen and oxygen atoms in total. The molecule has 9 aromatic rings. The Morgan fingerprint density at radius 3 is 1.84 bits per heavy atom. The minimum Gasteiger partial charge on any atom is -0.456 e. The molecule has 0 amide bonds. The molecule has 0 radical (unpaired) electrons. The highest BCUT2D eigenvalue weighted by atomic mass is 16.3. The number of fused-ring (bicyclic) bond motifs is 7. The number of rotatable bonds is 4. The van der Waals surface area contributed by atoms with Crippen LogP contribution in [0.3, 0.4) is 0 Å². The molecule has 2 aromatic heterocycles. The fraction of sp³-hybridized carbons (Fsp3) is 0. The Morgan fingerprint density at radius 1 is 0.372 bits per heavy atom. The second-order valence-electron chi connectivity index (χ2n) is 11.0. The third-order valence-electron chi connectivity index (χ3n) is 8.43. The second kappa shape index (κ2) is 9.37. The third kappa shape index (κ3) is 3.83. The third-order valence-corrected chi connectivity index (χ3v) is 8.43. The van der Waals surface area contributed by atoms with Crippen molar-refractivity contribution < 1.29 is 8.83 Å². The van der Waals surface area contributed by atoms with Crippen molar-refractivity contribution in [1.29, 1.82) is 0 Å². The quantitative estimate of drug-likeness (QED) is 0.218. The Labute approximate surface area is 247 Å². The Balaban J connectivity index is 1.27. The molecule has 0 fully saturated rings. The van der Waals surface area contributed by atoms with Crippen LogP contribution >= 0.6 is 0 Å². The number of anilines is 3. The molecule has 0 aliphatic heterocycles.